The zero-order chi connectivity index (χ0) is 14.9. The lowest BCUT2D eigenvalue weighted by Crippen LogP contribution is -2.57. The minimum atomic E-state index is -0.479. The van der Waals surface area contributed by atoms with E-state index in [1.165, 1.54) is 6.33 Å². The standard InChI is InChI=1S/C12H19N5O3/c1-12(2)7(5-8(12)20-4)16-11-9(17(18)19)10(13-3)14-6-15-11/h6-8H,5H2,1-4H3,(H2,13,14,15,16). The summed E-state index contributed by atoms with van der Waals surface area (Å²) >= 11 is 0. The van der Waals surface area contributed by atoms with Gasteiger partial charge >= 0.3 is 5.69 Å². The molecule has 1 aliphatic carbocycles. The zero-order valence-electron chi connectivity index (χ0n) is 12.0. The highest BCUT2D eigenvalue weighted by Gasteiger charge is 2.49. The first-order chi connectivity index (χ1) is 9.41. The molecule has 2 N–H and O–H groups in total. The second-order valence-corrected chi connectivity index (χ2v) is 5.40. The number of methoxy groups -OCH3 is 1. The molecule has 2 atom stereocenters. The summed E-state index contributed by atoms with van der Waals surface area (Å²) in [6, 6.07) is 0.0748. The maximum Gasteiger partial charge on any atom is 0.353 e. The molecule has 0 spiro atoms. The third-order valence-electron chi connectivity index (χ3n) is 4.01. The van der Waals surface area contributed by atoms with Crippen molar-refractivity contribution in [3.63, 3.8) is 0 Å². The van der Waals surface area contributed by atoms with E-state index >= 15 is 0 Å². The number of nitrogens with zero attached hydrogens (tertiary/aromatic N) is 3. The van der Waals surface area contributed by atoms with Gasteiger partial charge in [0.2, 0.25) is 11.6 Å². The number of nitrogens with one attached hydrogen (secondary N) is 2. The van der Waals surface area contributed by atoms with E-state index < -0.39 is 4.92 Å². The van der Waals surface area contributed by atoms with Gasteiger partial charge in [-0.05, 0) is 6.42 Å². The molecule has 1 heterocycles. The molecule has 0 aromatic carbocycles. The van der Waals surface area contributed by atoms with Gasteiger partial charge in [0.15, 0.2) is 0 Å². The van der Waals surface area contributed by atoms with Gasteiger partial charge in [-0.2, -0.15) is 0 Å². The van der Waals surface area contributed by atoms with Crippen molar-refractivity contribution in [1.82, 2.24) is 9.97 Å². The number of ether oxygens (including phenoxy) is 1. The zero-order valence-corrected chi connectivity index (χ0v) is 12.0. The lowest BCUT2D eigenvalue weighted by atomic mass is 9.64. The molecule has 1 aromatic heterocycles. The van der Waals surface area contributed by atoms with E-state index in [-0.39, 0.29) is 34.9 Å². The fourth-order valence-electron chi connectivity index (χ4n) is 2.54. The molecule has 8 heteroatoms. The molecule has 2 unspecified atom stereocenters. The lowest BCUT2D eigenvalue weighted by Gasteiger charge is -2.51. The maximum absolute atomic E-state index is 11.2. The highest BCUT2D eigenvalue weighted by Crippen LogP contribution is 2.45. The van der Waals surface area contributed by atoms with Crippen molar-refractivity contribution in [3.8, 4) is 0 Å². The lowest BCUT2D eigenvalue weighted by molar-refractivity contribution is -0.383. The fraction of sp³-hybridized carbons (Fsp3) is 0.667. The summed E-state index contributed by atoms with van der Waals surface area (Å²) in [5, 5.41) is 17.0. The summed E-state index contributed by atoms with van der Waals surface area (Å²) in [5.41, 5.74) is -0.237. The van der Waals surface area contributed by atoms with Crippen LogP contribution in [0, 0.1) is 15.5 Å². The van der Waals surface area contributed by atoms with Crippen LogP contribution in [0.2, 0.25) is 0 Å². The Balaban J connectivity index is 2.25. The molecule has 0 aliphatic heterocycles. The quantitative estimate of drug-likeness (QED) is 0.625. The number of anilines is 2. The first-order valence-corrected chi connectivity index (χ1v) is 6.38. The summed E-state index contributed by atoms with van der Waals surface area (Å²) in [6.07, 6.45) is 2.24. The van der Waals surface area contributed by atoms with Crippen LogP contribution in [0.4, 0.5) is 17.3 Å². The number of hydrogen-bond acceptors (Lipinski definition) is 7. The average molecular weight is 281 g/mol. The first-order valence-electron chi connectivity index (χ1n) is 6.38. The molecule has 1 fully saturated rings. The molecule has 0 saturated heterocycles. The molecular formula is C12H19N5O3. The topological polar surface area (TPSA) is 102 Å². The Hall–Kier alpha value is -1.96. The van der Waals surface area contributed by atoms with Crippen molar-refractivity contribution < 1.29 is 9.66 Å². The Bertz CT molecular complexity index is 520. The molecular weight excluding hydrogens is 262 g/mol. The molecule has 110 valence electrons. The minimum absolute atomic E-state index is 0.0748. The van der Waals surface area contributed by atoms with Crippen LogP contribution >= 0.6 is 0 Å². The Morgan fingerprint density at radius 2 is 2.10 bits per heavy atom. The Labute approximate surface area is 117 Å². The van der Waals surface area contributed by atoms with Crippen LogP contribution in [0.3, 0.4) is 0 Å². The van der Waals surface area contributed by atoms with Crippen LogP contribution in [0.15, 0.2) is 6.33 Å². The van der Waals surface area contributed by atoms with E-state index in [0.29, 0.717) is 0 Å². The Morgan fingerprint density at radius 1 is 1.45 bits per heavy atom. The van der Waals surface area contributed by atoms with Gasteiger partial charge in [-0.15, -0.1) is 0 Å². The normalized spacial score (nSPS) is 23.8. The van der Waals surface area contributed by atoms with Gasteiger partial charge < -0.3 is 15.4 Å². The number of aromatic nitrogens is 2. The van der Waals surface area contributed by atoms with E-state index in [1.54, 1.807) is 14.2 Å². The van der Waals surface area contributed by atoms with Crippen LogP contribution < -0.4 is 10.6 Å². The van der Waals surface area contributed by atoms with Gasteiger partial charge in [-0.1, -0.05) is 13.8 Å². The van der Waals surface area contributed by atoms with Crippen molar-refractivity contribution in [1.29, 1.82) is 0 Å². The molecule has 1 aromatic rings. The molecule has 0 bridgehead atoms. The van der Waals surface area contributed by atoms with Crippen LogP contribution in [0.1, 0.15) is 20.3 Å². The largest absolute Gasteiger partial charge is 0.381 e. The third-order valence-corrected chi connectivity index (χ3v) is 4.01. The average Bonchev–Trinajstić information content (AvgIpc) is 2.42. The summed E-state index contributed by atoms with van der Waals surface area (Å²) < 4.78 is 5.37. The van der Waals surface area contributed by atoms with E-state index in [2.05, 4.69) is 34.4 Å². The van der Waals surface area contributed by atoms with Crippen molar-refractivity contribution in [2.45, 2.75) is 32.4 Å². The first kappa shape index (κ1) is 14.4. The van der Waals surface area contributed by atoms with E-state index in [4.69, 9.17) is 4.74 Å². The summed E-state index contributed by atoms with van der Waals surface area (Å²) in [7, 11) is 3.27. The second kappa shape index (κ2) is 5.20. The summed E-state index contributed by atoms with van der Waals surface area (Å²) in [4.78, 5) is 18.6. The smallest absolute Gasteiger partial charge is 0.353 e. The van der Waals surface area contributed by atoms with Crippen molar-refractivity contribution in [2.75, 3.05) is 24.8 Å². The third kappa shape index (κ3) is 2.26. The number of nitro groups is 1. The van der Waals surface area contributed by atoms with Gasteiger partial charge in [0.1, 0.15) is 6.33 Å². The minimum Gasteiger partial charge on any atom is -0.381 e. The molecule has 20 heavy (non-hydrogen) atoms. The number of rotatable bonds is 5. The molecule has 0 radical (unpaired) electrons. The predicted molar refractivity (Wildman–Crippen MR) is 74.8 cm³/mol. The Kier molecular flexibility index (Phi) is 3.76. The fourth-order valence-corrected chi connectivity index (χ4v) is 2.54. The van der Waals surface area contributed by atoms with Crippen LogP contribution in [-0.2, 0) is 4.74 Å². The molecule has 8 nitrogen and oxygen atoms in total. The predicted octanol–water partition coefficient (Wildman–Crippen LogP) is 1.65. The van der Waals surface area contributed by atoms with Crippen molar-refractivity contribution in [2.24, 2.45) is 5.41 Å². The van der Waals surface area contributed by atoms with Crippen LogP contribution in [-0.4, -0.2) is 41.2 Å². The summed E-state index contributed by atoms with van der Waals surface area (Å²) in [5.74, 6) is 0.440. The molecule has 2 rings (SSSR count). The highest BCUT2D eigenvalue weighted by molar-refractivity contribution is 5.69. The molecule has 0 amide bonds. The summed E-state index contributed by atoms with van der Waals surface area (Å²) in [6.45, 7) is 4.13. The van der Waals surface area contributed by atoms with Gasteiger partial charge in [0.05, 0.1) is 11.0 Å². The van der Waals surface area contributed by atoms with Crippen LogP contribution in [0.25, 0.3) is 0 Å². The van der Waals surface area contributed by atoms with Gasteiger partial charge in [0.25, 0.3) is 0 Å². The van der Waals surface area contributed by atoms with E-state index in [1.807, 2.05) is 0 Å². The van der Waals surface area contributed by atoms with Gasteiger partial charge in [-0.3, -0.25) is 10.1 Å². The monoisotopic (exact) mass is 281 g/mol. The Morgan fingerprint density at radius 3 is 2.60 bits per heavy atom. The molecule has 1 saturated carbocycles. The van der Waals surface area contributed by atoms with Crippen molar-refractivity contribution in [3.05, 3.63) is 16.4 Å². The van der Waals surface area contributed by atoms with Crippen molar-refractivity contribution >= 4 is 17.3 Å². The maximum atomic E-state index is 11.2. The second-order valence-electron chi connectivity index (χ2n) is 5.40. The van der Waals surface area contributed by atoms with E-state index in [9.17, 15) is 10.1 Å². The van der Waals surface area contributed by atoms with E-state index in [0.717, 1.165) is 6.42 Å². The highest BCUT2D eigenvalue weighted by atomic mass is 16.6. The SMILES string of the molecule is CNc1ncnc(NC2CC(OC)C2(C)C)c1[N+](=O)[O-]. The number of hydrogen-bond donors (Lipinski definition) is 2. The van der Waals surface area contributed by atoms with Crippen LogP contribution in [0.5, 0.6) is 0 Å². The van der Waals surface area contributed by atoms with Gasteiger partial charge in [-0.25, -0.2) is 9.97 Å². The molecule has 1 aliphatic rings. The van der Waals surface area contributed by atoms with Gasteiger partial charge in [0, 0.05) is 25.6 Å².